The molecule has 5 heteroatoms. The van der Waals surface area contributed by atoms with Gasteiger partial charge in [-0.2, -0.15) is 0 Å². The second-order valence-electron chi connectivity index (χ2n) is 9.09. The summed E-state index contributed by atoms with van der Waals surface area (Å²) < 4.78 is 24.8. The van der Waals surface area contributed by atoms with Gasteiger partial charge < -0.3 is 0 Å². The number of rotatable bonds is 8. The third-order valence-electron chi connectivity index (χ3n) is 6.08. The summed E-state index contributed by atoms with van der Waals surface area (Å²) in [5.41, 5.74) is 3.87. The van der Waals surface area contributed by atoms with E-state index in [0.717, 1.165) is 21.8 Å². The van der Waals surface area contributed by atoms with Crippen LogP contribution in [-0.2, 0) is 16.3 Å². The van der Waals surface area contributed by atoms with Crippen molar-refractivity contribution in [3.63, 3.8) is 0 Å². The van der Waals surface area contributed by atoms with Gasteiger partial charge >= 0.3 is 0 Å². The molecular weight excluding hydrogens is 472 g/mol. The molecular formula is C30H28O3S2. The Balaban J connectivity index is 1.45. The Hall–Kier alpha value is -3.15. The van der Waals surface area contributed by atoms with Crippen LogP contribution in [0.1, 0.15) is 40.9 Å². The first-order valence-electron chi connectivity index (χ1n) is 11.4. The molecule has 0 fully saturated rings. The quantitative estimate of drug-likeness (QED) is 0.241. The van der Waals surface area contributed by atoms with Crippen molar-refractivity contribution in [1.82, 2.24) is 0 Å². The van der Waals surface area contributed by atoms with Gasteiger partial charge in [-0.3, -0.25) is 4.79 Å². The number of ketones is 1. The van der Waals surface area contributed by atoms with E-state index in [9.17, 15) is 13.2 Å². The highest BCUT2D eigenvalue weighted by Gasteiger charge is 2.42. The summed E-state index contributed by atoms with van der Waals surface area (Å²) in [6, 6.07) is 32.6. The zero-order valence-electron chi connectivity index (χ0n) is 20.1. The Morgan fingerprint density at radius 2 is 1.23 bits per heavy atom. The fourth-order valence-corrected chi connectivity index (χ4v) is 6.06. The minimum atomic E-state index is -3.84. The Kier molecular flexibility index (Phi) is 7.29. The molecule has 0 spiro atoms. The highest BCUT2D eigenvalue weighted by atomic mass is 32.2. The van der Waals surface area contributed by atoms with Crippen LogP contribution < -0.4 is 0 Å². The maximum atomic E-state index is 13.2. The molecule has 0 aromatic heterocycles. The zero-order chi connectivity index (χ0) is 25.1. The molecule has 0 atom stereocenters. The van der Waals surface area contributed by atoms with Crippen LogP contribution in [0.4, 0.5) is 0 Å². The van der Waals surface area contributed by atoms with Gasteiger partial charge in [0.05, 0.1) is 4.90 Å². The lowest BCUT2D eigenvalue weighted by atomic mass is 10.0. The van der Waals surface area contributed by atoms with Crippen molar-refractivity contribution in [2.24, 2.45) is 0 Å². The van der Waals surface area contributed by atoms with E-state index in [1.54, 1.807) is 48.2 Å². The van der Waals surface area contributed by atoms with Crippen molar-refractivity contribution in [2.45, 2.75) is 46.6 Å². The van der Waals surface area contributed by atoms with Gasteiger partial charge in [0.15, 0.2) is 15.6 Å². The van der Waals surface area contributed by atoms with E-state index < -0.39 is 20.4 Å². The SMILES string of the molecule is Cc1ccc(S(=O)(=O)C(C)(C)C(=O)c2ccc(Sc3ccc(Cc4ccccc4)cc3)cc2)cc1. The first kappa shape index (κ1) is 25.0. The molecule has 4 aromatic carbocycles. The minimum absolute atomic E-state index is 0.157. The summed E-state index contributed by atoms with van der Waals surface area (Å²) in [6.07, 6.45) is 0.893. The number of aryl methyl sites for hydroxylation is 1. The predicted octanol–water partition coefficient (Wildman–Crippen LogP) is 7.17. The summed E-state index contributed by atoms with van der Waals surface area (Å²) in [5.74, 6) is -0.417. The van der Waals surface area contributed by atoms with E-state index in [0.29, 0.717) is 5.56 Å². The van der Waals surface area contributed by atoms with Crippen LogP contribution in [0.2, 0.25) is 0 Å². The molecule has 178 valence electrons. The summed E-state index contributed by atoms with van der Waals surface area (Å²) in [7, 11) is -3.84. The van der Waals surface area contributed by atoms with Gasteiger partial charge in [0, 0.05) is 15.4 Å². The molecule has 0 bridgehead atoms. The largest absolute Gasteiger partial charge is 0.292 e. The molecule has 0 N–H and O–H groups in total. The Morgan fingerprint density at radius 1 is 0.714 bits per heavy atom. The first-order valence-corrected chi connectivity index (χ1v) is 13.7. The number of hydrogen-bond donors (Lipinski definition) is 0. The molecule has 0 unspecified atom stereocenters. The normalized spacial score (nSPS) is 11.9. The lowest BCUT2D eigenvalue weighted by molar-refractivity contribution is 0.0953. The monoisotopic (exact) mass is 500 g/mol. The predicted molar refractivity (Wildman–Crippen MR) is 143 cm³/mol. The Morgan fingerprint density at radius 3 is 1.80 bits per heavy atom. The summed E-state index contributed by atoms with van der Waals surface area (Å²) >= 11 is 1.60. The smallest absolute Gasteiger partial charge is 0.190 e. The average molecular weight is 501 g/mol. The number of benzene rings is 4. The number of Topliss-reactive ketones (excluding diaryl/α,β-unsaturated/α-hetero) is 1. The second-order valence-corrected chi connectivity index (χ2v) is 12.7. The Bertz CT molecular complexity index is 1400. The van der Waals surface area contributed by atoms with E-state index in [-0.39, 0.29) is 4.90 Å². The van der Waals surface area contributed by atoms with Gasteiger partial charge in [0.1, 0.15) is 4.75 Å². The molecule has 0 amide bonds. The van der Waals surface area contributed by atoms with Crippen LogP contribution in [0.15, 0.2) is 118 Å². The van der Waals surface area contributed by atoms with Gasteiger partial charge in [-0.25, -0.2) is 8.42 Å². The van der Waals surface area contributed by atoms with Crippen LogP contribution in [-0.4, -0.2) is 18.9 Å². The first-order chi connectivity index (χ1) is 16.7. The maximum Gasteiger partial charge on any atom is 0.190 e. The van der Waals surface area contributed by atoms with Crippen molar-refractivity contribution in [3.8, 4) is 0 Å². The van der Waals surface area contributed by atoms with Crippen molar-refractivity contribution < 1.29 is 13.2 Å². The minimum Gasteiger partial charge on any atom is -0.292 e. The van der Waals surface area contributed by atoms with Crippen molar-refractivity contribution in [3.05, 3.63) is 125 Å². The number of carbonyl (C=O) groups is 1. The van der Waals surface area contributed by atoms with Crippen molar-refractivity contribution in [1.29, 1.82) is 0 Å². The molecule has 0 radical (unpaired) electrons. The van der Waals surface area contributed by atoms with Gasteiger partial charge in [-0.1, -0.05) is 84.1 Å². The van der Waals surface area contributed by atoms with E-state index in [1.165, 1.54) is 25.0 Å². The maximum absolute atomic E-state index is 13.2. The molecule has 0 aliphatic carbocycles. The highest BCUT2D eigenvalue weighted by molar-refractivity contribution is 7.99. The Labute approximate surface area is 212 Å². The molecule has 0 saturated carbocycles. The van der Waals surface area contributed by atoms with Crippen molar-refractivity contribution in [2.75, 3.05) is 0 Å². The zero-order valence-corrected chi connectivity index (χ0v) is 21.7. The molecule has 0 saturated heterocycles. The second kappa shape index (κ2) is 10.2. The summed E-state index contributed by atoms with van der Waals surface area (Å²) in [6.45, 7) is 4.85. The van der Waals surface area contributed by atoms with E-state index in [1.807, 2.05) is 37.3 Å². The molecule has 4 aromatic rings. The number of hydrogen-bond acceptors (Lipinski definition) is 4. The fourth-order valence-electron chi connectivity index (χ4n) is 3.80. The van der Waals surface area contributed by atoms with E-state index >= 15 is 0 Å². The lowest BCUT2D eigenvalue weighted by Gasteiger charge is -2.23. The number of sulfone groups is 1. The van der Waals surface area contributed by atoms with Gasteiger partial charge in [0.2, 0.25) is 0 Å². The fraction of sp³-hybridized carbons (Fsp3) is 0.167. The third kappa shape index (κ3) is 5.58. The van der Waals surface area contributed by atoms with E-state index in [2.05, 4.69) is 36.4 Å². The summed E-state index contributed by atoms with van der Waals surface area (Å²) in [5, 5.41) is 0. The van der Waals surface area contributed by atoms with Gasteiger partial charge in [-0.15, -0.1) is 0 Å². The van der Waals surface area contributed by atoms with Crippen LogP contribution in [0.25, 0.3) is 0 Å². The van der Waals surface area contributed by atoms with Gasteiger partial charge in [-0.05, 0) is 74.7 Å². The third-order valence-corrected chi connectivity index (χ3v) is 9.51. The molecule has 0 heterocycles. The number of carbonyl (C=O) groups excluding carboxylic acids is 1. The summed E-state index contributed by atoms with van der Waals surface area (Å²) in [4.78, 5) is 15.5. The highest BCUT2D eigenvalue weighted by Crippen LogP contribution is 2.32. The molecule has 3 nitrogen and oxygen atoms in total. The van der Waals surface area contributed by atoms with Crippen LogP contribution in [0.5, 0.6) is 0 Å². The van der Waals surface area contributed by atoms with Crippen LogP contribution in [0, 0.1) is 6.92 Å². The topological polar surface area (TPSA) is 51.2 Å². The van der Waals surface area contributed by atoms with E-state index in [4.69, 9.17) is 0 Å². The average Bonchev–Trinajstić information content (AvgIpc) is 2.86. The molecule has 0 aliphatic rings. The molecule has 35 heavy (non-hydrogen) atoms. The van der Waals surface area contributed by atoms with Crippen LogP contribution in [0.3, 0.4) is 0 Å². The molecule has 0 aliphatic heterocycles. The van der Waals surface area contributed by atoms with Crippen LogP contribution >= 0.6 is 11.8 Å². The molecule has 4 rings (SSSR count). The van der Waals surface area contributed by atoms with Crippen molar-refractivity contribution >= 4 is 27.4 Å². The standard InChI is InChI=1S/C30H28O3S2/c1-22-9-19-28(20-10-22)35(32,33)30(2,3)29(31)25-13-17-27(18-14-25)34-26-15-11-24(12-16-26)21-23-7-5-4-6-8-23/h4-20H,21H2,1-3H3. The lowest BCUT2D eigenvalue weighted by Crippen LogP contribution is -2.40. The van der Waals surface area contributed by atoms with Gasteiger partial charge in [0.25, 0.3) is 0 Å².